The molecule has 0 unspecified atom stereocenters. The lowest BCUT2D eigenvalue weighted by Gasteiger charge is -2.22. The van der Waals surface area contributed by atoms with Crippen LogP contribution in [0.1, 0.15) is 55.5 Å². The van der Waals surface area contributed by atoms with Crippen LogP contribution >= 0.6 is 0 Å². The minimum atomic E-state index is -0.272. The largest absolute Gasteiger partial charge is 0.456 e. The molecule has 4 heterocycles. The predicted molar refractivity (Wildman–Crippen MR) is 327 cm³/mol. The third-order valence-corrected chi connectivity index (χ3v) is 18.2. The van der Waals surface area contributed by atoms with E-state index in [9.17, 15) is 5.26 Å². The lowest BCUT2D eigenvalue weighted by Crippen LogP contribution is -2.15. The number of rotatable bonds is 4. The molecule has 0 aliphatic heterocycles. The summed E-state index contributed by atoms with van der Waals surface area (Å²) in [7, 11) is 0. The van der Waals surface area contributed by atoms with Crippen LogP contribution in [-0.2, 0) is 10.8 Å². The second kappa shape index (κ2) is 15.6. The summed E-state index contributed by atoms with van der Waals surface area (Å²) in [4.78, 5) is 4.39. The normalized spacial score (nSPS) is 13.9. The van der Waals surface area contributed by atoms with Crippen molar-refractivity contribution in [2.75, 3.05) is 0 Å². The highest BCUT2D eigenvalue weighted by atomic mass is 16.3. The average Bonchev–Trinajstić information content (AvgIpc) is 4.42. The SMILES string of the molecule is [C-]#[N+]c1cc(-n2c3ccc(-c4ccc5oc6ccccc6c5c4)cc3c3cc4c(cc32)C(C)(C)c2ccccc2-4)c(C#N)cc1-n1c2ccc(-c3ccc4oc5ccccc5c4c3)cc2c2cc3c(cc21)C(C)(C)c1ccccc1-3. The van der Waals surface area contributed by atoms with Gasteiger partial charge < -0.3 is 18.0 Å². The Kier molecular flexibility index (Phi) is 8.74. The summed E-state index contributed by atoms with van der Waals surface area (Å²) < 4.78 is 17.0. The molecule has 11 aromatic carbocycles. The highest BCUT2D eigenvalue weighted by molar-refractivity contribution is 6.16. The van der Waals surface area contributed by atoms with E-state index >= 15 is 0 Å². The van der Waals surface area contributed by atoms with Gasteiger partial charge in [-0.2, -0.15) is 5.26 Å². The molecule has 0 atom stereocenters. The number of aromatic nitrogens is 2. The quantitative estimate of drug-likeness (QED) is 0.165. The molecular weight excluding hydrogens is 977 g/mol. The van der Waals surface area contributed by atoms with E-state index in [2.05, 4.69) is 218 Å². The highest BCUT2D eigenvalue weighted by Crippen LogP contribution is 2.54. The van der Waals surface area contributed by atoms with Crippen molar-refractivity contribution >= 4 is 93.2 Å². The Morgan fingerprint density at radius 2 is 0.787 bits per heavy atom. The number of nitriles is 1. The van der Waals surface area contributed by atoms with Gasteiger partial charge in [0.1, 0.15) is 28.4 Å². The van der Waals surface area contributed by atoms with Gasteiger partial charge in [0.05, 0.1) is 45.6 Å². The maximum absolute atomic E-state index is 11.6. The first-order chi connectivity index (χ1) is 39.0. The fraction of sp³-hybridized carbons (Fsp3) is 0.0811. The van der Waals surface area contributed by atoms with Gasteiger partial charge in [0.2, 0.25) is 5.69 Å². The van der Waals surface area contributed by atoms with Gasteiger partial charge in [0.15, 0.2) is 0 Å². The zero-order valence-corrected chi connectivity index (χ0v) is 44.2. The van der Waals surface area contributed by atoms with Crippen LogP contribution in [0.5, 0.6) is 0 Å². The molecule has 4 aromatic heterocycles. The van der Waals surface area contributed by atoms with Crippen molar-refractivity contribution in [2.24, 2.45) is 0 Å². The average molecular weight is 1020 g/mol. The van der Waals surface area contributed by atoms with E-state index in [1.165, 1.54) is 44.5 Å². The summed E-state index contributed by atoms with van der Waals surface area (Å²) in [5.74, 6) is 0. The van der Waals surface area contributed by atoms with Crippen molar-refractivity contribution in [3.8, 4) is 62.0 Å². The molecule has 0 radical (unpaired) electrons. The van der Waals surface area contributed by atoms with E-state index in [1.54, 1.807) is 0 Å². The van der Waals surface area contributed by atoms with Crippen molar-refractivity contribution in [2.45, 2.75) is 38.5 Å². The molecule has 0 fully saturated rings. The Morgan fingerprint density at radius 1 is 0.375 bits per heavy atom. The van der Waals surface area contributed by atoms with Crippen molar-refractivity contribution in [1.82, 2.24) is 9.13 Å². The molecule has 80 heavy (non-hydrogen) atoms. The minimum Gasteiger partial charge on any atom is -0.456 e. The molecule has 2 aliphatic carbocycles. The Bertz CT molecular complexity index is 5070. The second-order valence-electron chi connectivity index (χ2n) is 23.0. The van der Waals surface area contributed by atoms with E-state index in [1.807, 2.05) is 36.4 Å². The first-order valence-corrected chi connectivity index (χ1v) is 27.3. The Labute approximate surface area is 460 Å². The minimum absolute atomic E-state index is 0.271. The highest BCUT2D eigenvalue weighted by Gasteiger charge is 2.38. The number of hydrogen-bond acceptors (Lipinski definition) is 3. The number of hydrogen-bond donors (Lipinski definition) is 0. The van der Waals surface area contributed by atoms with E-state index in [4.69, 9.17) is 15.4 Å². The van der Waals surface area contributed by atoms with E-state index < -0.39 is 0 Å². The summed E-state index contributed by atoms with van der Waals surface area (Å²) in [6, 6.07) is 76.2. The predicted octanol–water partition coefficient (Wildman–Crippen LogP) is 20.0. The topological polar surface area (TPSA) is 64.3 Å². The molecule has 0 bridgehead atoms. The molecular formula is C74H46N4O2. The molecule has 0 N–H and O–H groups in total. The zero-order chi connectivity index (χ0) is 53.5. The monoisotopic (exact) mass is 1020 g/mol. The molecule has 374 valence electrons. The van der Waals surface area contributed by atoms with Gasteiger partial charge >= 0.3 is 0 Å². The fourth-order valence-corrected chi connectivity index (χ4v) is 14.2. The molecule has 0 saturated carbocycles. The summed E-state index contributed by atoms with van der Waals surface area (Å²) in [6.45, 7) is 18.3. The number of nitrogens with zero attached hydrogens (tertiary/aromatic N) is 4. The molecule has 6 heteroatoms. The smallest absolute Gasteiger partial charge is 0.212 e. The second-order valence-corrected chi connectivity index (χ2v) is 23.0. The molecule has 6 nitrogen and oxygen atoms in total. The van der Waals surface area contributed by atoms with Crippen LogP contribution in [-0.4, -0.2) is 9.13 Å². The molecule has 17 rings (SSSR count). The van der Waals surface area contributed by atoms with Crippen molar-refractivity contribution in [3.63, 3.8) is 0 Å². The van der Waals surface area contributed by atoms with E-state index in [-0.39, 0.29) is 10.8 Å². The Hall–Kier alpha value is -10.4. The Balaban J connectivity index is 0.904. The van der Waals surface area contributed by atoms with Crippen LogP contribution in [0.3, 0.4) is 0 Å². The zero-order valence-electron chi connectivity index (χ0n) is 44.2. The van der Waals surface area contributed by atoms with Crippen LogP contribution in [0, 0.1) is 17.9 Å². The summed E-state index contributed by atoms with van der Waals surface area (Å²) in [5, 5.41) is 20.2. The van der Waals surface area contributed by atoms with Crippen molar-refractivity contribution < 1.29 is 8.83 Å². The van der Waals surface area contributed by atoms with E-state index in [0.29, 0.717) is 22.6 Å². The molecule has 0 saturated heterocycles. The summed E-state index contributed by atoms with van der Waals surface area (Å²) in [6.07, 6.45) is 0. The summed E-state index contributed by atoms with van der Waals surface area (Å²) in [5.41, 5.74) is 23.3. The Morgan fingerprint density at radius 3 is 1.27 bits per heavy atom. The number of furan rings is 2. The number of fused-ring (bicyclic) bond motifs is 18. The first kappa shape index (κ1) is 44.7. The number of benzene rings is 11. The van der Waals surface area contributed by atoms with Crippen LogP contribution in [0.4, 0.5) is 5.69 Å². The van der Waals surface area contributed by atoms with Gasteiger partial charge in [-0.3, -0.25) is 0 Å². The van der Waals surface area contributed by atoms with Gasteiger partial charge in [-0.05, 0) is 164 Å². The van der Waals surface area contributed by atoms with E-state index in [0.717, 1.165) is 110 Å². The third kappa shape index (κ3) is 5.89. The van der Waals surface area contributed by atoms with Gasteiger partial charge in [-0.15, -0.1) is 0 Å². The van der Waals surface area contributed by atoms with Crippen LogP contribution in [0.15, 0.2) is 215 Å². The van der Waals surface area contributed by atoms with Crippen molar-refractivity contribution in [1.29, 1.82) is 5.26 Å². The van der Waals surface area contributed by atoms with Gasteiger partial charge in [0, 0.05) is 53.9 Å². The maximum atomic E-state index is 11.6. The number of para-hydroxylation sites is 2. The van der Waals surface area contributed by atoms with Gasteiger partial charge in [0.25, 0.3) is 0 Å². The van der Waals surface area contributed by atoms with Crippen LogP contribution in [0.25, 0.3) is 148 Å². The lowest BCUT2D eigenvalue weighted by atomic mass is 9.82. The molecule has 2 aliphatic rings. The molecule has 15 aromatic rings. The fourth-order valence-electron chi connectivity index (χ4n) is 14.2. The van der Waals surface area contributed by atoms with Crippen LogP contribution < -0.4 is 0 Å². The first-order valence-electron chi connectivity index (χ1n) is 27.3. The van der Waals surface area contributed by atoms with Crippen molar-refractivity contribution in [3.05, 3.63) is 245 Å². The standard InChI is InChI=1S/C74H46N4O2/c1-73(2)58-18-10-6-14-46(58)50-35-54-52-30-41(43-24-28-71-56(32-43)48-16-8-12-20-69(48)79-71)22-26-63(52)77(66(54)37-60(50)73)65-39-62(76-5)68(34-45(65)40-75)78-64-27-23-42(44-25-29-72-57(33-44)49-17-9-13-21-70(49)80-72)31-53(64)55-36-51-47-15-7-11-19-59(47)74(3,4)61(51)38-67(55)78/h6-39H,1-4H3. The molecule has 0 amide bonds. The molecule has 0 spiro atoms. The van der Waals surface area contributed by atoms with Crippen LogP contribution in [0.2, 0.25) is 0 Å². The maximum Gasteiger partial charge on any atom is 0.212 e. The third-order valence-electron chi connectivity index (χ3n) is 18.2. The van der Waals surface area contributed by atoms with Gasteiger partial charge in [-0.25, -0.2) is 4.85 Å². The van der Waals surface area contributed by atoms with Gasteiger partial charge in [-0.1, -0.05) is 137 Å². The lowest BCUT2D eigenvalue weighted by molar-refractivity contribution is 0.661. The summed E-state index contributed by atoms with van der Waals surface area (Å²) >= 11 is 0.